The quantitative estimate of drug-likeness (QED) is 0.772. The number of allylic oxidation sites excluding steroid dienone is 1. The zero-order valence-electron chi connectivity index (χ0n) is 8.23. The Bertz CT molecular complexity index is 385. The SMILES string of the molecule is C/C(=C\N(O)O)c1ccc(C(F)(F)F)nc1. The first-order chi connectivity index (χ1) is 7.30. The Morgan fingerprint density at radius 1 is 1.38 bits per heavy atom. The molecule has 0 aromatic carbocycles. The fourth-order valence-electron chi connectivity index (χ4n) is 1.04. The van der Waals surface area contributed by atoms with E-state index < -0.39 is 11.9 Å². The summed E-state index contributed by atoms with van der Waals surface area (Å²) >= 11 is 0. The summed E-state index contributed by atoms with van der Waals surface area (Å²) < 4.78 is 36.5. The third kappa shape index (κ3) is 3.21. The number of alkyl halides is 3. The van der Waals surface area contributed by atoms with E-state index in [1.54, 1.807) is 0 Å². The van der Waals surface area contributed by atoms with E-state index in [2.05, 4.69) is 4.98 Å². The normalized spacial score (nSPS) is 12.8. The van der Waals surface area contributed by atoms with Crippen molar-refractivity contribution < 1.29 is 23.6 Å². The molecule has 0 bridgehead atoms. The summed E-state index contributed by atoms with van der Waals surface area (Å²) in [5.74, 6) is 0. The van der Waals surface area contributed by atoms with E-state index in [-0.39, 0.29) is 5.23 Å². The van der Waals surface area contributed by atoms with Gasteiger partial charge in [-0.2, -0.15) is 13.2 Å². The van der Waals surface area contributed by atoms with Crippen LogP contribution >= 0.6 is 0 Å². The van der Waals surface area contributed by atoms with Crippen molar-refractivity contribution in [2.45, 2.75) is 13.1 Å². The predicted molar refractivity (Wildman–Crippen MR) is 48.3 cm³/mol. The second kappa shape index (κ2) is 4.50. The highest BCUT2D eigenvalue weighted by Crippen LogP contribution is 2.27. The maximum Gasteiger partial charge on any atom is 0.433 e. The van der Waals surface area contributed by atoms with E-state index in [1.165, 1.54) is 13.0 Å². The lowest BCUT2D eigenvalue weighted by Gasteiger charge is -2.07. The average molecular weight is 234 g/mol. The van der Waals surface area contributed by atoms with Crippen molar-refractivity contribution in [1.82, 2.24) is 10.2 Å². The van der Waals surface area contributed by atoms with Crippen molar-refractivity contribution in [2.75, 3.05) is 0 Å². The van der Waals surface area contributed by atoms with Crippen LogP contribution in [0.15, 0.2) is 24.5 Å². The van der Waals surface area contributed by atoms with Crippen molar-refractivity contribution in [3.05, 3.63) is 35.8 Å². The highest BCUT2D eigenvalue weighted by molar-refractivity contribution is 5.62. The number of hydrogen-bond acceptors (Lipinski definition) is 4. The average Bonchev–Trinajstić information content (AvgIpc) is 2.15. The molecular weight excluding hydrogens is 225 g/mol. The Hall–Kier alpha value is -1.60. The lowest BCUT2D eigenvalue weighted by molar-refractivity contribution is -0.267. The minimum atomic E-state index is -4.48. The van der Waals surface area contributed by atoms with E-state index in [0.29, 0.717) is 11.1 Å². The van der Waals surface area contributed by atoms with Crippen LogP contribution in [0, 0.1) is 0 Å². The van der Waals surface area contributed by atoms with E-state index >= 15 is 0 Å². The molecule has 0 spiro atoms. The maximum absolute atomic E-state index is 12.2. The van der Waals surface area contributed by atoms with Crippen molar-refractivity contribution in [2.24, 2.45) is 0 Å². The molecule has 0 radical (unpaired) electrons. The summed E-state index contributed by atoms with van der Waals surface area (Å²) in [5, 5.41) is 16.8. The minimum Gasteiger partial charge on any atom is -0.264 e. The summed E-state index contributed by atoms with van der Waals surface area (Å²) in [6, 6.07) is 2.02. The topological polar surface area (TPSA) is 56.6 Å². The number of pyridine rings is 1. The van der Waals surface area contributed by atoms with Gasteiger partial charge in [0.25, 0.3) is 0 Å². The number of rotatable bonds is 2. The van der Waals surface area contributed by atoms with Crippen LogP contribution in [0.5, 0.6) is 0 Å². The molecule has 0 aliphatic carbocycles. The fourth-order valence-corrected chi connectivity index (χ4v) is 1.04. The summed E-state index contributed by atoms with van der Waals surface area (Å²) in [6.45, 7) is 1.50. The molecule has 7 heteroatoms. The zero-order chi connectivity index (χ0) is 12.3. The van der Waals surface area contributed by atoms with Crippen molar-refractivity contribution >= 4 is 5.57 Å². The molecule has 0 atom stereocenters. The van der Waals surface area contributed by atoms with Gasteiger partial charge in [-0.05, 0) is 24.1 Å². The Morgan fingerprint density at radius 2 is 2.00 bits per heavy atom. The largest absolute Gasteiger partial charge is 0.433 e. The first-order valence-corrected chi connectivity index (χ1v) is 4.19. The van der Waals surface area contributed by atoms with Gasteiger partial charge in [0.2, 0.25) is 0 Å². The van der Waals surface area contributed by atoms with Gasteiger partial charge in [0, 0.05) is 6.20 Å². The van der Waals surface area contributed by atoms with Crippen LogP contribution < -0.4 is 0 Å². The Morgan fingerprint density at radius 3 is 2.38 bits per heavy atom. The molecule has 0 unspecified atom stereocenters. The molecular formula is C9H9F3N2O2. The minimum absolute atomic E-state index is 0.174. The van der Waals surface area contributed by atoms with E-state index in [0.717, 1.165) is 18.5 Å². The van der Waals surface area contributed by atoms with Gasteiger partial charge >= 0.3 is 6.18 Å². The van der Waals surface area contributed by atoms with E-state index in [1.807, 2.05) is 0 Å². The number of nitrogens with zero attached hydrogens (tertiary/aromatic N) is 2. The van der Waals surface area contributed by atoms with Gasteiger partial charge in [-0.25, -0.2) is 0 Å². The van der Waals surface area contributed by atoms with Gasteiger partial charge in [0.1, 0.15) is 5.69 Å². The smallest absolute Gasteiger partial charge is 0.264 e. The highest BCUT2D eigenvalue weighted by atomic mass is 19.4. The van der Waals surface area contributed by atoms with Crippen LogP contribution in [-0.2, 0) is 6.18 Å². The van der Waals surface area contributed by atoms with E-state index in [4.69, 9.17) is 10.4 Å². The second-order valence-electron chi connectivity index (χ2n) is 3.06. The monoisotopic (exact) mass is 234 g/mol. The molecule has 0 fully saturated rings. The number of hydrogen-bond donors (Lipinski definition) is 2. The van der Waals surface area contributed by atoms with Crippen LogP contribution in [-0.4, -0.2) is 20.6 Å². The second-order valence-corrected chi connectivity index (χ2v) is 3.06. The summed E-state index contributed by atoms with van der Waals surface area (Å²) in [4.78, 5) is 3.23. The van der Waals surface area contributed by atoms with Gasteiger partial charge in [-0.3, -0.25) is 15.4 Å². The molecule has 0 aliphatic heterocycles. The van der Waals surface area contributed by atoms with Gasteiger partial charge in [0.05, 0.1) is 6.20 Å². The van der Waals surface area contributed by atoms with Crippen molar-refractivity contribution in [3.8, 4) is 0 Å². The molecule has 1 heterocycles. The Balaban J connectivity index is 2.96. The van der Waals surface area contributed by atoms with Crippen LogP contribution in [0.3, 0.4) is 0 Å². The Kier molecular flexibility index (Phi) is 3.51. The summed E-state index contributed by atoms with van der Waals surface area (Å²) in [7, 11) is 0. The number of hydroxylamine groups is 2. The molecule has 16 heavy (non-hydrogen) atoms. The maximum atomic E-state index is 12.2. The standard InChI is InChI=1S/C9H9F3N2O2/c1-6(5-14(15)16)7-2-3-8(13-4-7)9(10,11)12/h2-5,15-16H,1H3/b6-5+. The summed E-state index contributed by atoms with van der Waals surface area (Å²) in [6.07, 6.45) is -2.53. The van der Waals surface area contributed by atoms with Crippen LogP contribution in [0.1, 0.15) is 18.2 Å². The first kappa shape index (κ1) is 12.5. The molecule has 1 rings (SSSR count). The lowest BCUT2D eigenvalue weighted by atomic mass is 10.1. The molecule has 1 aromatic rings. The molecule has 0 aliphatic rings. The number of halogens is 3. The zero-order valence-corrected chi connectivity index (χ0v) is 8.23. The molecule has 1 aromatic heterocycles. The fraction of sp³-hybridized carbons (Fsp3) is 0.222. The van der Waals surface area contributed by atoms with Gasteiger partial charge < -0.3 is 0 Å². The van der Waals surface area contributed by atoms with Crippen LogP contribution in [0.4, 0.5) is 13.2 Å². The molecule has 0 saturated carbocycles. The number of aromatic nitrogens is 1. The highest BCUT2D eigenvalue weighted by Gasteiger charge is 2.31. The molecule has 2 N–H and O–H groups in total. The first-order valence-electron chi connectivity index (χ1n) is 4.19. The molecule has 4 nitrogen and oxygen atoms in total. The van der Waals surface area contributed by atoms with Crippen molar-refractivity contribution in [3.63, 3.8) is 0 Å². The third-order valence-corrected chi connectivity index (χ3v) is 1.82. The van der Waals surface area contributed by atoms with Crippen LogP contribution in [0.25, 0.3) is 5.57 Å². The van der Waals surface area contributed by atoms with Gasteiger partial charge in [-0.1, -0.05) is 6.07 Å². The third-order valence-electron chi connectivity index (χ3n) is 1.82. The Labute approximate surface area is 89.2 Å². The molecule has 0 saturated heterocycles. The van der Waals surface area contributed by atoms with Gasteiger partial charge in [-0.15, -0.1) is 5.23 Å². The van der Waals surface area contributed by atoms with Crippen LogP contribution in [0.2, 0.25) is 0 Å². The van der Waals surface area contributed by atoms with E-state index in [9.17, 15) is 13.2 Å². The van der Waals surface area contributed by atoms with Crippen molar-refractivity contribution in [1.29, 1.82) is 0 Å². The predicted octanol–water partition coefficient (Wildman–Crippen LogP) is 2.54. The van der Waals surface area contributed by atoms with Gasteiger partial charge in [0.15, 0.2) is 0 Å². The molecule has 0 amide bonds. The summed E-state index contributed by atoms with van der Waals surface area (Å²) in [5.41, 5.74) is -0.263. The lowest BCUT2D eigenvalue weighted by Crippen LogP contribution is -2.08. The molecule has 88 valence electrons.